The second-order valence-electron chi connectivity index (χ2n) is 3.44. The molecule has 5 heteroatoms. The molecule has 0 aliphatic heterocycles. The van der Waals surface area contributed by atoms with E-state index in [1.54, 1.807) is 14.1 Å². The van der Waals surface area contributed by atoms with E-state index in [-0.39, 0.29) is 24.4 Å². The van der Waals surface area contributed by atoms with Crippen molar-refractivity contribution in [1.82, 2.24) is 10.2 Å². The lowest BCUT2D eigenvalue weighted by Gasteiger charge is -2.16. The molecule has 0 saturated carbocycles. The standard InChI is InChI=1S/C9H19N3O2/c1-7(10)4-5-9(14)12(3)6-8(13)11-2/h7H,4-6,10H2,1-3H3,(H,11,13). The van der Waals surface area contributed by atoms with E-state index < -0.39 is 0 Å². The minimum absolute atomic E-state index is 0.0207. The molecule has 0 aromatic carbocycles. The summed E-state index contributed by atoms with van der Waals surface area (Å²) >= 11 is 0. The number of nitrogens with one attached hydrogen (secondary N) is 1. The van der Waals surface area contributed by atoms with E-state index in [1.165, 1.54) is 4.90 Å². The highest BCUT2D eigenvalue weighted by atomic mass is 16.2. The van der Waals surface area contributed by atoms with Gasteiger partial charge in [-0.2, -0.15) is 0 Å². The molecule has 0 aliphatic rings. The topological polar surface area (TPSA) is 75.4 Å². The Morgan fingerprint density at radius 2 is 2.07 bits per heavy atom. The van der Waals surface area contributed by atoms with Crippen LogP contribution >= 0.6 is 0 Å². The van der Waals surface area contributed by atoms with Crippen molar-refractivity contribution in [2.24, 2.45) is 5.73 Å². The molecule has 0 fully saturated rings. The van der Waals surface area contributed by atoms with Gasteiger partial charge in [-0.25, -0.2) is 0 Å². The number of carbonyl (C=O) groups is 2. The maximum atomic E-state index is 11.4. The van der Waals surface area contributed by atoms with Crippen LogP contribution in [0.25, 0.3) is 0 Å². The van der Waals surface area contributed by atoms with Gasteiger partial charge in [-0.1, -0.05) is 0 Å². The van der Waals surface area contributed by atoms with E-state index in [1.807, 2.05) is 6.92 Å². The highest BCUT2D eigenvalue weighted by molar-refractivity contribution is 5.84. The third-order valence-corrected chi connectivity index (χ3v) is 1.90. The summed E-state index contributed by atoms with van der Waals surface area (Å²) in [6.07, 6.45) is 1.04. The molecular weight excluding hydrogens is 182 g/mol. The van der Waals surface area contributed by atoms with Crippen LogP contribution in [0.4, 0.5) is 0 Å². The smallest absolute Gasteiger partial charge is 0.239 e. The summed E-state index contributed by atoms with van der Waals surface area (Å²) in [4.78, 5) is 23.7. The van der Waals surface area contributed by atoms with Crippen molar-refractivity contribution in [3.63, 3.8) is 0 Å². The Morgan fingerprint density at radius 3 is 2.50 bits per heavy atom. The average molecular weight is 201 g/mol. The van der Waals surface area contributed by atoms with Gasteiger partial charge < -0.3 is 16.0 Å². The van der Waals surface area contributed by atoms with Gasteiger partial charge in [-0.05, 0) is 13.3 Å². The fourth-order valence-corrected chi connectivity index (χ4v) is 0.925. The van der Waals surface area contributed by atoms with Gasteiger partial charge in [-0.15, -0.1) is 0 Å². The van der Waals surface area contributed by atoms with Crippen molar-refractivity contribution >= 4 is 11.8 Å². The van der Waals surface area contributed by atoms with Crippen molar-refractivity contribution in [1.29, 1.82) is 0 Å². The van der Waals surface area contributed by atoms with Gasteiger partial charge in [0.25, 0.3) is 0 Å². The van der Waals surface area contributed by atoms with Crippen molar-refractivity contribution in [3.05, 3.63) is 0 Å². The molecule has 0 rings (SSSR count). The molecule has 1 atom stereocenters. The van der Waals surface area contributed by atoms with Gasteiger partial charge in [0.05, 0.1) is 6.54 Å². The van der Waals surface area contributed by atoms with Crippen LogP contribution < -0.4 is 11.1 Å². The third-order valence-electron chi connectivity index (χ3n) is 1.90. The first-order valence-electron chi connectivity index (χ1n) is 4.67. The summed E-state index contributed by atoms with van der Waals surface area (Å²) in [7, 11) is 3.15. The normalized spacial score (nSPS) is 12.0. The number of nitrogens with zero attached hydrogens (tertiary/aromatic N) is 1. The monoisotopic (exact) mass is 201 g/mol. The Kier molecular flexibility index (Phi) is 5.87. The van der Waals surface area contributed by atoms with E-state index in [4.69, 9.17) is 5.73 Å². The lowest BCUT2D eigenvalue weighted by Crippen LogP contribution is -2.37. The van der Waals surface area contributed by atoms with Crippen molar-refractivity contribution < 1.29 is 9.59 Å². The SMILES string of the molecule is CNC(=O)CN(C)C(=O)CCC(C)N. The summed E-state index contributed by atoms with van der Waals surface area (Å²) in [5.74, 6) is -0.215. The number of hydrogen-bond donors (Lipinski definition) is 2. The van der Waals surface area contributed by atoms with Crippen LogP contribution in [0.5, 0.6) is 0 Å². The van der Waals surface area contributed by atoms with E-state index in [0.717, 1.165) is 0 Å². The summed E-state index contributed by atoms with van der Waals surface area (Å²) in [5.41, 5.74) is 5.52. The summed E-state index contributed by atoms with van der Waals surface area (Å²) in [5, 5.41) is 2.46. The van der Waals surface area contributed by atoms with E-state index in [9.17, 15) is 9.59 Å². The Balaban J connectivity index is 3.82. The third kappa shape index (κ3) is 5.53. The Labute approximate surface area is 84.6 Å². The molecule has 1 unspecified atom stereocenters. The number of nitrogens with two attached hydrogens (primary N) is 1. The number of carbonyl (C=O) groups excluding carboxylic acids is 2. The Hall–Kier alpha value is -1.10. The van der Waals surface area contributed by atoms with Gasteiger partial charge in [0.15, 0.2) is 0 Å². The van der Waals surface area contributed by atoms with Crippen LogP contribution in [0.1, 0.15) is 19.8 Å². The Bertz CT molecular complexity index is 204. The zero-order valence-corrected chi connectivity index (χ0v) is 9.04. The first-order chi connectivity index (χ1) is 6.47. The fourth-order valence-electron chi connectivity index (χ4n) is 0.925. The molecule has 0 aromatic heterocycles. The minimum Gasteiger partial charge on any atom is -0.358 e. The number of amides is 2. The summed E-state index contributed by atoms with van der Waals surface area (Å²) in [6, 6.07) is 0.0207. The van der Waals surface area contributed by atoms with Crippen LogP contribution in [-0.2, 0) is 9.59 Å². The quantitative estimate of drug-likeness (QED) is 0.618. The highest BCUT2D eigenvalue weighted by Gasteiger charge is 2.11. The Morgan fingerprint density at radius 1 is 1.50 bits per heavy atom. The van der Waals surface area contributed by atoms with E-state index >= 15 is 0 Å². The van der Waals surface area contributed by atoms with Crippen LogP contribution in [-0.4, -0.2) is 43.4 Å². The largest absolute Gasteiger partial charge is 0.358 e. The highest BCUT2D eigenvalue weighted by Crippen LogP contribution is 1.97. The van der Waals surface area contributed by atoms with Gasteiger partial charge in [0, 0.05) is 26.6 Å². The second-order valence-corrected chi connectivity index (χ2v) is 3.44. The molecule has 82 valence electrons. The zero-order valence-electron chi connectivity index (χ0n) is 9.04. The molecule has 0 aromatic rings. The van der Waals surface area contributed by atoms with Crippen LogP contribution in [0.2, 0.25) is 0 Å². The molecule has 0 heterocycles. The van der Waals surface area contributed by atoms with Gasteiger partial charge in [-0.3, -0.25) is 9.59 Å². The maximum Gasteiger partial charge on any atom is 0.239 e. The number of hydrogen-bond acceptors (Lipinski definition) is 3. The lowest BCUT2D eigenvalue weighted by atomic mass is 10.2. The van der Waals surface area contributed by atoms with Gasteiger partial charge in [0.2, 0.25) is 11.8 Å². The maximum absolute atomic E-state index is 11.4. The molecular formula is C9H19N3O2. The summed E-state index contributed by atoms with van der Waals surface area (Å²) in [6.45, 7) is 1.96. The van der Waals surface area contributed by atoms with Crippen molar-refractivity contribution in [2.75, 3.05) is 20.6 Å². The molecule has 5 nitrogen and oxygen atoms in total. The number of likely N-dealkylation sites (N-methyl/N-ethyl adjacent to an activating group) is 2. The van der Waals surface area contributed by atoms with Crippen LogP contribution in [0.15, 0.2) is 0 Å². The van der Waals surface area contributed by atoms with Crippen molar-refractivity contribution in [2.45, 2.75) is 25.8 Å². The molecule has 3 N–H and O–H groups in total. The minimum atomic E-state index is -0.165. The van der Waals surface area contributed by atoms with Crippen molar-refractivity contribution in [3.8, 4) is 0 Å². The fraction of sp³-hybridized carbons (Fsp3) is 0.778. The van der Waals surface area contributed by atoms with Crippen LogP contribution in [0, 0.1) is 0 Å². The molecule has 0 radical (unpaired) electrons. The predicted octanol–water partition coefficient (Wildman–Crippen LogP) is -0.682. The lowest BCUT2D eigenvalue weighted by molar-refractivity contribution is -0.134. The molecule has 0 saturated heterocycles. The molecule has 0 bridgehead atoms. The van der Waals surface area contributed by atoms with Gasteiger partial charge in [0.1, 0.15) is 0 Å². The van der Waals surface area contributed by atoms with E-state index in [0.29, 0.717) is 12.8 Å². The molecule has 0 spiro atoms. The second kappa shape index (κ2) is 6.37. The molecule has 14 heavy (non-hydrogen) atoms. The van der Waals surface area contributed by atoms with Crippen LogP contribution in [0.3, 0.4) is 0 Å². The first kappa shape index (κ1) is 12.9. The molecule has 0 aliphatic carbocycles. The van der Waals surface area contributed by atoms with E-state index in [2.05, 4.69) is 5.32 Å². The zero-order chi connectivity index (χ0) is 11.1. The number of rotatable bonds is 5. The average Bonchev–Trinajstić information content (AvgIpc) is 2.13. The first-order valence-corrected chi connectivity index (χ1v) is 4.67. The van der Waals surface area contributed by atoms with Gasteiger partial charge >= 0.3 is 0 Å². The molecule has 2 amide bonds. The predicted molar refractivity (Wildman–Crippen MR) is 54.6 cm³/mol. The summed E-state index contributed by atoms with van der Waals surface area (Å²) < 4.78 is 0.